The van der Waals surface area contributed by atoms with E-state index in [9.17, 15) is 5.11 Å². The highest BCUT2D eigenvalue weighted by Crippen LogP contribution is 2.48. The second kappa shape index (κ2) is 11.1. The summed E-state index contributed by atoms with van der Waals surface area (Å²) in [7, 11) is 4.44. The number of piperidine rings is 1. The molecule has 1 aliphatic heterocycles. The molecule has 5 rings (SSSR count). The van der Waals surface area contributed by atoms with Gasteiger partial charge in [0.05, 0.1) is 19.2 Å². The molecular formula is C29H32I2N2O. The number of aromatic nitrogens is 1. The molecule has 1 aliphatic carbocycles. The summed E-state index contributed by atoms with van der Waals surface area (Å²) >= 11 is 0. The fourth-order valence-corrected chi connectivity index (χ4v) is 5.72. The highest BCUT2D eigenvalue weighted by Gasteiger charge is 2.41. The van der Waals surface area contributed by atoms with Crippen LogP contribution in [0, 0.1) is 11.8 Å². The fourth-order valence-electron chi connectivity index (χ4n) is 5.72. The fraction of sp³-hybridized carbons (Fsp3) is 0.345. The Hall–Kier alpha value is -1.47. The van der Waals surface area contributed by atoms with Crippen LogP contribution >= 0.6 is 0 Å². The zero-order valence-electron chi connectivity index (χ0n) is 19.8. The minimum Gasteiger partial charge on any atom is -1.00 e. The molecule has 1 fully saturated rings. The van der Waals surface area contributed by atoms with Gasteiger partial charge in [-0.25, -0.2) is 4.57 Å². The van der Waals surface area contributed by atoms with Crippen molar-refractivity contribution in [1.82, 2.24) is 0 Å². The number of likely N-dealkylation sites (tertiary alicyclic amines) is 1. The third-order valence-corrected chi connectivity index (χ3v) is 7.44. The first kappa shape index (κ1) is 27.1. The van der Waals surface area contributed by atoms with Gasteiger partial charge in [-0.2, -0.15) is 0 Å². The number of halogens is 2. The van der Waals surface area contributed by atoms with Gasteiger partial charge in [-0.1, -0.05) is 54.5 Å². The summed E-state index contributed by atoms with van der Waals surface area (Å²) < 4.78 is 3.09. The molecule has 34 heavy (non-hydrogen) atoms. The zero-order valence-corrected chi connectivity index (χ0v) is 24.2. The number of nitrogens with zero attached hydrogens (tertiary/aromatic N) is 2. The van der Waals surface area contributed by atoms with Crippen molar-refractivity contribution < 1.29 is 62.1 Å². The van der Waals surface area contributed by atoms with Gasteiger partial charge in [-0.3, -0.25) is 0 Å². The maximum atomic E-state index is 11.7. The van der Waals surface area contributed by atoms with Crippen molar-refractivity contribution in [2.45, 2.75) is 37.3 Å². The Morgan fingerprint density at radius 1 is 0.941 bits per heavy atom. The first-order valence-corrected chi connectivity index (χ1v) is 11.7. The molecular weight excluding hydrogens is 646 g/mol. The number of quaternary nitrogens is 1. The minimum atomic E-state index is -1.03. The van der Waals surface area contributed by atoms with Crippen LogP contribution in [0.1, 0.15) is 48.4 Å². The Balaban J connectivity index is 0.00000162. The summed E-state index contributed by atoms with van der Waals surface area (Å²) in [5.74, 6) is 6.86. The van der Waals surface area contributed by atoms with Crippen molar-refractivity contribution >= 4 is 0 Å². The molecule has 1 N–H and O–H groups in total. The third kappa shape index (κ3) is 4.92. The van der Waals surface area contributed by atoms with Gasteiger partial charge >= 0.3 is 0 Å². The highest BCUT2D eigenvalue weighted by atomic mass is 127. The average molecular weight is 678 g/mol. The van der Waals surface area contributed by atoms with E-state index in [1.54, 1.807) is 0 Å². The SMILES string of the molecule is C[n+]1cccc([C@@H]2CCCC[N+]2(C)CC#CCC2(O)c3ccccc3-c3ccccc32)c1.[I-].[I-]. The van der Waals surface area contributed by atoms with Gasteiger partial charge in [0.1, 0.15) is 25.2 Å². The number of fused-ring (bicyclic) bond motifs is 3. The second-order valence-corrected chi connectivity index (χ2v) is 9.66. The first-order chi connectivity index (χ1) is 15.5. The normalized spacial score (nSPS) is 21.7. The standard InChI is InChI=1S/C29H32N2O.2HI/c1-30-19-11-12-23(22-30)28-17-7-9-20-31(28,2)21-10-8-18-29(32)26-15-5-3-13-24(26)25-14-4-6-16-27(25)29;;/h3-6,11-16,19,22,28,32H,7,9,17-18,20-21H2,1-2H3;2*1H/q+2;;/p-2/t28-,31?;;/m0../s1. The lowest BCUT2D eigenvalue weighted by Crippen LogP contribution is -3.00. The number of hydrogen-bond acceptors (Lipinski definition) is 1. The Kier molecular flexibility index (Phi) is 8.83. The Morgan fingerprint density at radius 3 is 2.24 bits per heavy atom. The van der Waals surface area contributed by atoms with Crippen LogP contribution in [0.2, 0.25) is 0 Å². The molecule has 2 atom stereocenters. The van der Waals surface area contributed by atoms with Crippen LogP contribution in [0.15, 0.2) is 73.1 Å². The van der Waals surface area contributed by atoms with Crippen LogP contribution in [-0.2, 0) is 12.6 Å². The van der Waals surface area contributed by atoms with E-state index in [1.165, 1.54) is 24.8 Å². The van der Waals surface area contributed by atoms with Gasteiger partial charge in [-0.15, -0.1) is 0 Å². The molecule has 0 saturated carbocycles. The van der Waals surface area contributed by atoms with E-state index in [0.717, 1.165) is 39.8 Å². The van der Waals surface area contributed by atoms with Gasteiger partial charge in [-0.05, 0) is 47.1 Å². The summed E-state index contributed by atoms with van der Waals surface area (Å²) in [6, 6.07) is 21.3. The molecule has 0 spiro atoms. The Labute approximate surface area is 237 Å². The highest BCUT2D eigenvalue weighted by molar-refractivity contribution is 5.80. The molecule has 3 nitrogen and oxygen atoms in total. The second-order valence-electron chi connectivity index (χ2n) is 9.66. The van der Waals surface area contributed by atoms with E-state index in [0.29, 0.717) is 12.5 Å². The van der Waals surface area contributed by atoms with Gasteiger partial charge in [0.15, 0.2) is 12.4 Å². The topological polar surface area (TPSA) is 24.1 Å². The van der Waals surface area contributed by atoms with E-state index in [-0.39, 0.29) is 48.0 Å². The van der Waals surface area contributed by atoms with Crippen molar-refractivity contribution in [3.05, 3.63) is 89.7 Å². The number of benzene rings is 2. The average Bonchev–Trinajstić information content (AvgIpc) is 3.06. The van der Waals surface area contributed by atoms with E-state index >= 15 is 0 Å². The van der Waals surface area contributed by atoms with Crippen molar-refractivity contribution in [2.75, 3.05) is 20.1 Å². The van der Waals surface area contributed by atoms with Crippen LogP contribution < -0.4 is 52.5 Å². The van der Waals surface area contributed by atoms with Gasteiger partial charge in [0.25, 0.3) is 0 Å². The molecule has 5 heteroatoms. The van der Waals surface area contributed by atoms with E-state index in [1.807, 2.05) is 36.4 Å². The van der Waals surface area contributed by atoms with Crippen molar-refractivity contribution in [3.63, 3.8) is 0 Å². The zero-order chi connectivity index (χ0) is 22.2. The van der Waals surface area contributed by atoms with Crippen LogP contribution in [0.5, 0.6) is 0 Å². The van der Waals surface area contributed by atoms with Gasteiger partial charge < -0.3 is 57.5 Å². The molecule has 3 aromatic rings. The van der Waals surface area contributed by atoms with Crippen LogP contribution in [-0.4, -0.2) is 29.7 Å². The predicted octanol–water partition coefficient (Wildman–Crippen LogP) is -1.50. The third-order valence-electron chi connectivity index (χ3n) is 7.44. The number of pyridine rings is 1. The largest absolute Gasteiger partial charge is 1.00 e. The van der Waals surface area contributed by atoms with Crippen LogP contribution in [0.4, 0.5) is 0 Å². The molecule has 1 saturated heterocycles. The van der Waals surface area contributed by atoms with Crippen molar-refractivity contribution in [2.24, 2.45) is 7.05 Å². The maximum Gasteiger partial charge on any atom is 0.177 e. The molecule has 178 valence electrons. The van der Waals surface area contributed by atoms with Gasteiger partial charge in [0, 0.05) is 18.9 Å². The minimum absolute atomic E-state index is 0. The quantitative estimate of drug-likeness (QED) is 0.155. The molecule has 0 radical (unpaired) electrons. The number of hydrogen-bond donors (Lipinski definition) is 1. The lowest BCUT2D eigenvalue weighted by atomic mass is 9.88. The van der Waals surface area contributed by atoms with E-state index in [2.05, 4.69) is 67.2 Å². The molecule has 1 aromatic heterocycles. The van der Waals surface area contributed by atoms with Crippen LogP contribution in [0.3, 0.4) is 0 Å². The van der Waals surface area contributed by atoms with Crippen LogP contribution in [0.25, 0.3) is 11.1 Å². The predicted molar refractivity (Wildman–Crippen MR) is 127 cm³/mol. The summed E-state index contributed by atoms with van der Waals surface area (Å²) in [6.45, 7) is 1.95. The lowest BCUT2D eigenvalue weighted by molar-refractivity contribution is -0.938. The smallest absolute Gasteiger partial charge is 0.177 e. The van der Waals surface area contributed by atoms with E-state index < -0.39 is 5.60 Å². The molecule has 2 heterocycles. The maximum absolute atomic E-state index is 11.7. The number of rotatable bonds is 3. The van der Waals surface area contributed by atoms with Crippen molar-refractivity contribution in [3.8, 4) is 23.0 Å². The lowest BCUT2D eigenvalue weighted by Gasteiger charge is -2.43. The molecule has 2 aliphatic rings. The molecule has 2 aromatic carbocycles. The van der Waals surface area contributed by atoms with E-state index in [4.69, 9.17) is 0 Å². The Bertz CT molecular complexity index is 1170. The molecule has 1 unspecified atom stereocenters. The Morgan fingerprint density at radius 2 is 1.59 bits per heavy atom. The number of aliphatic hydroxyl groups is 1. The summed E-state index contributed by atoms with van der Waals surface area (Å²) in [5.41, 5.74) is 4.56. The number of aryl methyl sites for hydroxylation is 1. The first-order valence-electron chi connectivity index (χ1n) is 11.7. The van der Waals surface area contributed by atoms with Crippen molar-refractivity contribution in [1.29, 1.82) is 0 Å². The van der Waals surface area contributed by atoms with Gasteiger partial charge in [0.2, 0.25) is 0 Å². The monoisotopic (exact) mass is 678 g/mol. The summed E-state index contributed by atoms with van der Waals surface area (Å²) in [4.78, 5) is 0. The summed E-state index contributed by atoms with van der Waals surface area (Å²) in [6.07, 6.45) is 8.50. The molecule has 0 amide bonds. The summed E-state index contributed by atoms with van der Waals surface area (Å²) in [5, 5.41) is 11.7. The molecule has 0 bridgehead atoms.